The monoisotopic (exact) mass is 221 g/mol. The Morgan fingerprint density at radius 3 is 2.67 bits per heavy atom. The average molecular weight is 221 g/mol. The topological polar surface area (TPSA) is 61.0 Å². The first kappa shape index (κ1) is 9.92. The van der Waals surface area contributed by atoms with E-state index < -0.39 is 0 Å². The highest BCUT2D eigenvalue weighted by Gasteiger charge is 2.06. The highest BCUT2D eigenvalue weighted by molar-refractivity contribution is 7.18. The molecule has 1 heterocycles. The van der Waals surface area contributed by atoms with Crippen LogP contribution in [-0.4, -0.2) is 17.3 Å². The minimum absolute atomic E-state index is 0.485. The molecular weight excluding hydrogens is 210 g/mol. The van der Waals surface area contributed by atoms with Crippen LogP contribution >= 0.6 is 11.3 Å². The summed E-state index contributed by atoms with van der Waals surface area (Å²) in [5.41, 5.74) is 7.62. The Balaban J connectivity index is 2.42. The Labute approximate surface area is 91.7 Å². The molecule has 1 aromatic heterocycles. The Morgan fingerprint density at radius 1 is 1.33 bits per heavy atom. The van der Waals surface area contributed by atoms with Crippen molar-refractivity contribution in [2.45, 2.75) is 6.92 Å². The van der Waals surface area contributed by atoms with Crippen molar-refractivity contribution in [1.29, 1.82) is 0 Å². The van der Waals surface area contributed by atoms with Gasteiger partial charge in [0.1, 0.15) is 10.8 Å². The molecule has 78 valence electrons. The molecule has 0 unspecified atom stereocenters. The highest BCUT2D eigenvalue weighted by atomic mass is 32.1. The molecule has 0 fully saturated rings. The zero-order chi connectivity index (χ0) is 10.8. The van der Waals surface area contributed by atoms with Crippen molar-refractivity contribution in [3.05, 3.63) is 23.8 Å². The van der Waals surface area contributed by atoms with Crippen LogP contribution in [0.25, 0.3) is 10.6 Å². The second-order valence-electron chi connectivity index (χ2n) is 3.13. The lowest BCUT2D eigenvalue weighted by atomic mass is 10.1. The van der Waals surface area contributed by atoms with Crippen LogP contribution in [0.5, 0.6) is 5.75 Å². The smallest absolute Gasteiger partial charge is 0.203 e. The fourth-order valence-electron chi connectivity index (χ4n) is 1.36. The molecule has 0 aliphatic carbocycles. The molecule has 2 aromatic rings. The molecule has 0 amide bonds. The number of nitrogens with two attached hydrogens (primary N) is 1. The molecule has 0 aliphatic rings. The van der Waals surface area contributed by atoms with Gasteiger partial charge in [0.05, 0.1) is 7.11 Å². The number of rotatable bonds is 2. The van der Waals surface area contributed by atoms with E-state index in [9.17, 15) is 0 Å². The van der Waals surface area contributed by atoms with Crippen LogP contribution < -0.4 is 10.5 Å². The number of aryl methyl sites for hydroxylation is 1. The van der Waals surface area contributed by atoms with E-state index in [0.717, 1.165) is 21.9 Å². The predicted octanol–water partition coefficient (Wildman–Crippen LogP) is 2.10. The van der Waals surface area contributed by atoms with Gasteiger partial charge in [-0.3, -0.25) is 0 Å². The molecule has 5 heteroatoms. The van der Waals surface area contributed by atoms with Gasteiger partial charge in [0, 0.05) is 5.56 Å². The van der Waals surface area contributed by atoms with Crippen molar-refractivity contribution < 1.29 is 4.74 Å². The lowest BCUT2D eigenvalue weighted by Gasteiger charge is -2.04. The first-order valence-electron chi connectivity index (χ1n) is 4.44. The Kier molecular flexibility index (Phi) is 2.55. The van der Waals surface area contributed by atoms with Crippen molar-refractivity contribution in [2.24, 2.45) is 0 Å². The number of methoxy groups -OCH3 is 1. The molecule has 1 aromatic carbocycles. The minimum atomic E-state index is 0.485. The Bertz CT molecular complexity index is 481. The number of hydrogen-bond donors (Lipinski definition) is 1. The molecule has 4 nitrogen and oxygen atoms in total. The summed E-state index contributed by atoms with van der Waals surface area (Å²) >= 11 is 1.38. The summed E-state index contributed by atoms with van der Waals surface area (Å²) in [4.78, 5) is 0. The molecule has 0 atom stereocenters. The summed E-state index contributed by atoms with van der Waals surface area (Å²) in [7, 11) is 1.66. The molecular formula is C10H11N3OS. The van der Waals surface area contributed by atoms with Crippen LogP contribution in [0.2, 0.25) is 0 Å². The molecule has 2 N–H and O–H groups in total. The third kappa shape index (κ3) is 1.92. The van der Waals surface area contributed by atoms with Gasteiger partial charge in [-0.15, -0.1) is 10.2 Å². The SMILES string of the molecule is COc1ccc(-c2nnc(N)s2)cc1C. The van der Waals surface area contributed by atoms with E-state index in [0.29, 0.717) is 5.13 Å². The van der Waals surface area contributed by atoms with Crippen LogP contribution in [0.3, 0.4) is 0 Å². The van der Waals surface area contributed by atoms with Gasteiger partial charge in [-0.2, -0.15) is 0 Å². The van der Waals surface area contributed by atoms with Crippen molar-refractivity contribution >= 4 is 16.5 Å². The molecule has 0 aliphatic heterocycles. The summed E-state index contributed by atoms with van der Waals surface area (Å²) in [6.07, 6.45) is 0. The van der Waals surface area contributed by atoms with Crippen LogP contribution in [0.15, 0.2) is 18.2 Å². The maximum Gasteiger partial charge on any atom is 0.203 e. The Hall–Kier alpha value is -1.62. The first-order chi connectivity index (χ1) is 7.20. The zero-order valence-electron chi connectivity index (χ0n) is 8.52. The van der Waals surface area contributed by atoms with Crippen molar-refractivity contribution in [3.8, 4) is 16.3 Å². The van der Waals surface area contributed by atoms with E-state index >= 15 is 0 Å². The normalized spacial score (nSPS) is 10.3. The summed E-state index contributed by atoms with van der Waals surface area (Å²) in [5.74, 6) is 0.872. The highest BCUT2D eigenvalue weighted by Crippen LogP contribution is 2.28. The fraction of sp³-hybridized carbons (Fsp3) is 0.200. The van der Waals surface area contributed by atoms with Gasteiger partial charge < -0.3 is 10.5 Å². The third-order valence-electron chi connectivity index (χ3n) is 2.08. The lowest BCUT2D eigenvalue weighted by Crippen LogP contribution is -1.87. The molecule has 2 rings (SSSR count). The van der Waals surface area contributed by atoms with Crippen molar-refractivity contribution in [1.82, 2.24) is 10.2 Å². The number of anilines is 1. The maximum absolute atomic E-state index is 5.53. The van der Waals surface area contributed by atoms with Crippen molar-refractivity contribution in [2.75, 3.05) is 12.8 Å². The number of hydrogen-bond acceptors (Lipinski definition) is 5. The van der Waals surface area contributed by atoms with Gasteiger partial charge in [0.25, 0.3) is 0 Å². The van der Waals surface area contributed by atoms with Gasteiger partial charge >= 0.3 is 0 Å². The molecule has 0 radical (unpaired) electrons. The summed E-state index contributed by atoms with van der Waals surface area (Å²) in [5, 5.41) is 9.08. The van der Waals surface area contributed by atoms with Gasteiger partial charge in [0.15, 0.2) is 0 Å². The van der Waals surface area contributed by atoms with Gasteiger partial charge in [-0.25, -0.2) is 0 Å². The summed E-state index contributed by atoms with van der Waals surface area (Å²) in [6, 6.07) is 5.88. The van der Waals surface area contributed by atoms with Gasteiger partial charge in [-0.05, 0) is 30.7 Å². The summed E-state index contributed by atoms with van der Waals surface area (Å²) < 4.78 is 5.18. The zero-order valence-corrected chi connectivity index (χ0v) is 9.34. The lowest BCUT2D eigenvalue weighted by molar-refractivity contribution is 0.412. The quantitative estimate of drug-likeness (QED) is 0.843. The molecule has 0 bridgehead atoms. The van der Waals surface area contributed by atoms with Crippen LogP contribution in [-0.2, 0) is 0 Å². The van der Waals surface area contributed by atoms with Gasteiger partial charge in [0.2, 0.25) is 5.13 Å². The van der Waals surface area contributed by atoms with E-state index in [1.165, 1.54) is 11.3 Å². The number of nitrogen functional groups attached to an aromatic ring is 1. The van der Waals surface area contributed by atoms with Crippen LogP contribution in [0.4, 0.5) is 5.13 Å². The molecule has 0 saturated carbocycles. The fourth-order valence-corrected chi connectivity index (χ4v) is 1.97. The maximum atomic E-state index is 5.53. The van der Waals surface area contributed by atoms with E-state index in [-0.39, 0.29) is 0 Å². The average Bonchev–Trinajstić information content (AvgIpc) is 2.65. The molecule has 0 spiro atoms. The van der Waals surface area contributed by atoms with Crippen molar-refractivity contribution in [3.63, 3.8) is 0 Å². The predicted molar refractivity (Wildman–Crippen MR) is 61.0 cm³/mol. The second-order valence-corrected chi connectivity index (χ2v) is 4.14. The first-order valence-corrected chi connectivity index (χ1v) is 5.26. The molecule has 0 saturated heterocycles. The number of ether oxygens (including phenoxy) is 1. The number of aromatic nitrogens is 2. The largest absolute Gasteiger partial charge is 0.496 e. The third-order valence-corrected chi connectivity index (χ3v) is 2.88. The van der Waals surface area contributed by atoms with E-state index in [1.54, 1.807) is 7.11 Å². The van der Waals surface area contributed by atoms with E-state index in [2.05, 4.69) is 10.2 Å². The van der Waals surface area contributed by atoms with Crippen LogP contribution in [0, 0.1) is 6.92 Å². The number of benzene rings is 1. The molecule has 15 heavy (non-hydrogen) atoms. The van der Waals surface area contributed by atoms with Gasteiger partial charge in [-0.1, -0.05) is 11.3 Å². The van der Waals surface area contributed by atoms with Crippen LogP contribution in [0.1, 0.15) is 5.56 Å². The second kappa shape index (κ2) is 3.86. The summed E-state index contributed by atoms with van der Waals surface area (Å²) in [6.45, 7) is 1.99. The van der Waals surface area contributed by atoms with E-state index in [4.69, 9.17) is 10.5 Å². The Morgan fingerprint density at radius 2 is 2.13 bits per heavy atom. The standard InChI is InChI=1S/C10H11N3OS/c1-6-5-7(3-4-8(6)14-2)9-12-13-10(11)15-9/h3-5H,1-2H3,(H2,11,13). The number of nitrogens with zero attached hydrogens (tertiary/aromatic N) is 2. The minimum Gasteiger partial charge on any atom is -0.496 e. The van der Waals surface area contributed by atoms with E-state index in [1.807, 2.05) is 25.1 Å².